The van der Waals surface area contributed by atoms with Gasteiger partial charge in [-0.1, -0.05) is 25.3 Å². The predicted octanol–water partition coefficient (Wildman–Crippen LogP) is 4.35. The summed E-state index contributed by atoms with van der Waals surface area (Å²) < 4.78 is 17.6. The molecular formula is C26H29NO6. The van der Waals surface area contributed by atoms with Crippen molar-refractivity contribution in [3.05, 3.63) is 41.5 Å². The number of benzene rings is 2. The van der Waals surface area contributed by atoms with Gasteiger partial charge in [-0.3, -0.25) is 9.59 Å². The van der Waals surface area contributed by atoms with Gasteiger partial charge < -0.3 is 24.6 Å². The fourth-order valence-electron chi connectivity index (χ4n) is 4.77. The Morgan fingerprint density at radius 1 is 1.09 bits per heavy atom. The van der Waals surface area contributed by atoms with Crippen LogP contribution in [0.5, 0.6) is 17.2 Å². The van der Waals surface area contributed by atoms with Crippen LogP contribution in [0.2, 0.25) is 0 Å². The number of fused-ring (bicyclic) bond motifs is 1. The summed E-state index contributed by atoms with van der Waals surface area (Å²) in [6.07, 6.45) is 6.66. The number of amides is 1. The van der Waals surface area contributed by atoms with Crippen molar-refractivity contribution in [2.75, 3.05) is 13.7 Å². The van der Waals surface area contributed by atoms with E-state index in [4.69, 9.17) is 14.2 Å². The number of phenolic OH excluding ortho intramolecular Hbond substituents is 1. The van der Waals surface area contributed by atoms with Crippen LogP contribution in [0.4, 0.5) is 0 Å². The van der Waals surface area contributed by atoms with Crippen molar-refractivity contribution in [3.63, 3.8) is 0 Å². The zero-order valence-corrected chi connectivity index (χ0v) is 18.8. The molecule has 33 heavy (non-hydrogen) atoms. The summed E-state index contributed by atoms with van der Waals surface area (Å²) >= 11 is 0. The first-order chi connectivity index (χ1) is 16.0. The van der Waals surface area contributed by atoms with E-state index in [1.54, 1.807) is 18.2 Å². The Bertz CT molecular complexity index is 1080. The summed E-state index contributed by atoms with van der Waals surface area (Å²) in [5.41, 5.74) is 2.55. The average Bonchev–Trinajstić information content (AvgIpc) is 3.51. The molecule has 0 atom stereocenters. The van der Waals surface area contributed by atoms with Crippen molar-refractivity contribution in [1.29, 1.82) is 0 Å². The Balaban J connectivity index is 1.38. The molecule has 2 aliphatic carbocycles. The summed E-state index contributed by atoms with van der Waals surface area (Å²) in [5.74, 6) is 0.399. The number of hydrogen-bond acceptors (Lipinski definition) is 6. The van der Waals surface area contributed by atoms with Gasteiger partial charge in [0.1, 0.15) is 12.2 Å². The number of esters is 1. The SMILES string of the molecule is COc1c(O)ccc(-c2ccc3c(c2)CNC3=O)c1OCC1(OC(=O)C2CCCCC2)CC1. The van der Waals surface area contributed by atoms with E-state index in [1.807, 2.05) is 12.1 Å². The molecule has 0 unspecified atom stereocenters. The number of rotatable bonds is 7. The van der Waals surface area contributed by atoms with Crippen LogP contribution in [0.3, 0.4) is 0 Å². The van der Waals surface area contributed by atoms with Crippen molar-refractivity contribution >= 4 is 11.9 Å². The summed E-state index contributed by atoms with van der Waals surface area (Å²) in [7, 11) is 1.48. The molecule has 0 spiro atoms. The fourth-order valence-corrected chi connectivity index (χ4v) is 4.77. The second-order valence-electron chi connectivity index (χ2n) is 9.28. The van der Waals surface area contributed by atoms with Crippen molar-refractivity contribution in [3.8, 4) is 28.4 Å². The van der Waals surface area contributed by atoms with Crippen LogP contribution in [0.25, 0.3) is 11.1 Å². The summed E-state index contributed by atoms with van der Waals surface area (Å²) in [4.78, 5) is 24.6. The highest BCUT2D eigenvalue weighted by Crippen LogP contribution is 2.47. The maximum absolute atomic E-state index is 12.7. The monoisotopic (exact) mass is 451 g/mol. The molecule has 174 valence electrons. The van der Waals surface area contributed by atoms with Gasteiger partial charge in [0.2, 0.25) is 5.75 Å². The van der Waals surface area contributed by atoms with Crippen molar-refractivity contribution in [1.82, 2.24) is 5.32 Å². The molecule has 1 amide bonds. The molecule has 1 aliphatic heterocycles. The van der Waals surface area contributed by atoms with Crippen LogP contribution in [0, 0.1) is 5.92 Å². The largest absolute Gasteiger partial charge is 0.504 e. The number of nitrogens with one attached hydrogen (secondary N) is 1. The quantitative estimate of drug-likeness (QED) is 0.608. The summed E-state index contributed by atoms with van der Waals surface area (Å²) in [6, 6.07) is 8.94. The number of methoxy groups -OCH3 is 1. The smallest absolute Gasteiger partial charge is 0.309 e. The third kappa shape index (κ3) is 4.24. The van der Waals surface area contributed by atoms with Gasteiger partial charge in [0, 0.05) is 17.7 Å². The molecule has 7 heteroatoms. The lowest BCUT2D eigenvalue weighted by Gasteiger charge is -2.25. The lowest BCUT2D eigenvalue weighted by molar-refractivity contribution is -0.159. The van der Waals surface area contributed by atoms with Crippen molar-refractivity contribution in [2.24, 2.45) is 5.92 Å². The second kappa shape index (κ2) is 8.61. The minimum Gasteiger partial charge on any atom is -0.504 e. The van der Waals surface area contributed by atoms with Crippen LogP contribution in [-0.4, -0.2) is 36.3 Å². The molecule has 2 fully saturated rings. The van der Waals surface area contributed by atoms with Crippen molar-refractivity contribution < 1.29 is 28.9 Å². The van der Waals surface area contributed by atoms with Crippen LogP contribution in [0.15, 0.2) is 30.3 Å². The average molecular weight is 452 g/mol. The third-order valence-electron chi connectivity index (χ3n) is 6.94. The molecule has 0 radical (unpaired) electrons. The number of carbonyl (C=O) groups excluding carboxylic acids is 2. The predicted molar refractivity (Wildman–Crippen MR) is 121 cm³/mol. The van der Waals surface area contributed by atoms with Crippen LogP contribution >= 0.6 is 0 Å². The van der Waals surface area contributed by atoms with Crippen molar-refractivity contribution in [2.45, 2.75) is 57.1 Å². The van der Waals surface area contributed by atoms with E-state index in [0.717, 1.165) is 55.2 Å². The van der Waals surface area contributed by atoms with Gasteiger partial charge in [-0.15, -0.1) is 0 Å². The highest BCUT2D eigenvalue weighted by molar-refractivity contribution is 5.99. The van der Waals surface area contributed by atoms with E-state index in [2.05, 4.69) is 5.32 Å². The van der Waals surface area contributed by atoms with Gasteiger partial charge >= 0.3 is 5.97 Å². The molecule has 0 aromatic heterocycles. The van der Waals surface area contributed by atoms with E-state index in [9.17, 15) is 14.7 Å². The van der Waals surface area contributed by atoms with E-state index in [1.165, 1.54) is 13.5 Å². The second-order valence-corrected chi connectivity index (χ2v) is 9.28. The highest BCUT2D eigenvalue weighted by atomic mass is 16.6. The van der Waals surface area contributed by atoms with Gasteiger partial charge in [-0.2, -0.15) is 0 Å². The third-order valence-corrected chi connectivity index (χ3v) is 6.94. The standard InChI is InChI=1S/C26H29NO6/c1-31-23-21(28)10-9-19(17-7-8-20-18(13-17)14-27-24(20)29)22(23)32-15-26(11-12-26)33-25(30)16-5-3-2-4-6-16/h7-10,13,16,28H,2-6,11-12,14-15H2,1H3,(H,27,29). The topological polar surface area (TPSA) is 94.1 Å². The lowest BCUT2D eigenvalue weighted by Crippen LogP contribution is -2.31. The summed E-state index contributed by atoms with van der Waals surface area (Å²) in [6.45, 7) is 0.677. The number of carbonyl (C=O) groups is 2. The molecule has 0 bridgehead atoms. The first-order valence-electron chi connectivity index (χ1n) is 11.7. The molecule has 2 N–H and O–H groups in total. The zero-order valence-electron chi connectivity index (χ0n) is 18.8. The fraction of sp³-hybridized carbons (Fsp3) is 0.462. The molecular weight excluding hydrogens is 422 g/mol. The van der Waals surface area contributed by atoms with Gasteiger partial charge in [-0.25, -0.2) is 0 Å². The first kappa shape index (κ1) is 21.6. The molecule has 1 heterocycles. The zero-order chi connectivity index (χ0) is 23.0. The maximum Gasteiger partial charge on any atom is 0.309 e. The van der Waals surface area contributed by atoms with Crippen LogP contribution in [-0.2, 0) is 16.1 Å². The van der Waals surface area contributed by atoms with E-state index >= 15 is 0 Å². The normalized spacial score (nSPS) is 18.9. The number of ether oxygens (including phenoxy) is 3. The van der Waals surface area contributed by atoms with Gasteiger partial charge in [0.25, 0.3) is 5.91 Å². The Morgan fingerprint density at radius 3 is 2.58 bits per heavy atom. The van der Waals surface area contributed by atoms with Gasteiger partial charge in [0.05, 0.1) is 13.0 Å². The number of aromatic hydroxyl groups is 1. The van der Waals surface area contributed by atoms with Crippen LogP contribution in [0.1, 0.15) is 60.9 Å². The highest BCUT2D eigenvalue weighted by Gasteiger charge is 2.49. The van der Waals surface area contributed by atoms with Crippen LogP contribution < -0.4 is 14.8 Å². The van der Waals surface area contributed by atoms with E-state index in [0.29, 0.717) is 17.9 Å². The van der Waals surface area contributed by atoms with Gasteiger partial charge in [0.15, 0.2) is 11.5 Å². The molecule has 2 aromatic rings. The Morgan fingerprint density at radius 2 is 1.85 bits per heavy atom. The molecule has 7 nitrogen and oxygen atoms in total. The molecule has 0 saturated heterocycles. The Kier molecular flexibility index (Phi) is 5.64. The van der Waals surface area contributed by atoms with Gasteiger partial charge in [-0.05, 0) is 61.1 Å². The number of hydrogen-bond donors (Lipinski definition) is 2. The molecule has 5 rings (SSSR count). The molecule has 2 aromatic carbocycles. The first-order valence-corrected chi connectivity index (χ1v) is 11.7. The summed E-state index contributed by atoms with van der Waals surface area (Å²) in [5, 5.41) is 13.2. The molecule has 2 saturated carbocycles. The van der Waals surface area contributed by atoms with E-state index < -0.39 is 5.60 Å². The maximum atomic E-state index is 12.7. The number of phenols is 1. The molecule has 3 aliphatic rings. The Hall–Kier alpha value is -3.22. The minimum absolute atomic E-state index is 0.00942. The van der Waals surface area contributed by atoms with E-state index in [-0.39, 0.29) is 35.9 Å². The lowest BCUT2D eigenvalue weighted by atomic mass is 9.89. The Labute approximate surface area is 193 Å². The minimum atomic E-state index is -0.615.